The maximum atomic E-state index is 14.1. The van der Waals surface area contributed by atoms with E-state index in [-0.39, 0.29) is 17.7 Å². The van der Waals surface area contributed by atoms with Crippen molar-refractivity contribution in [3.8, 4) is 0 Å². The summed E-state index contributed by atoms with van der Waals surface area (Å²) in [5, 5.41) is 0. The average Bonchev–Trinajstić information content (AvgIpc) is 2.67. The lowest BCUT2D eigenvalue weighted by molar-refractivity contribution is -0.0100. The summed E-state index contributed by atoms with van der Waals surface area (Å²) in [5.74, 6) is -0.427. The zero-order chi connectivity index (χ0) is 18.5. The number of ether oxygens (including phenoxy) is 1. The predicted molar refractivity (Wildman–Crippen MR) is 95.6 cm³/mol. The molecule has 0 aromatic heterocycles. The second-order valence-corrected chi connectivity index (χ2v) is 6.79. The number of hydrogen-bond donors (Lipinski definition) is 0. The standard InChI is InChI=1S/C21H24F3NO/c1-15(19-13-17(21(23)24)7-8-20(19)22)25-11-9-18(10-12-25)26-14-16-5-3-2-4-6-16/h2-8,13,15,18,21H,9-12,14H2,1H3/t15-/m1/s1. The summed E-state index contributed by atoms with van der Waals surface area (Å²) in [4.78, 5) is 2.13. The molecule has 0 spiro atoms. The number of rotatable bonds is 6. The molecule has 0 unspecified atom stereocenters. The quantitative estimate of drug-likeness (QED) is 0.671. The van der Waals surface area contributed by atoms with Gasteiger partial charge in [-0.05, 0) is 37.5 Å². The van der Waals surface area contributed by atoms with Crippen molar-refractivity contribution < 1.29 is 17.9 Å². The van der Waals surface area contributed by atoms with E-state index in [0.29, 0.717) is 12.2 Å². The number of benzene rings is 2. The highest BCUT2D eigenvalue weighted by Gasteiger charge is 2.26. The minimum Gasteiger partial charge on any atom is -0.373 e. The lowest BCUT2D eigenvalue weighted by atomic mass is 9.99. The molecule has 3 rings (SSSR count). The molecule has 2 aromatic carbocycles. The van der Waals surface area contributed by atoms with E-state index in [2.05, 4.69) is 4.90 Å². The van der Waals surface area contributed by atoms with Crippen LogP contribution in [-0.4, -0.2) is 24.1 Å². The lowest BCUT2D eigenvalue weighted by Crippen LogP contribution is -2.38. The number of likely N-dealkylation sites (tertiary alicyclic amines) is 1. The zero-order valence-corrected chi connectivity index (χ0v) is 14.9. The van der Waals surface area contributed by atoms with Gasteiger partial charge in [-0.2, -0.15) is 0 Å². The Morgan fingerprint density at radius 3 is 2.42 bits per heavy atom. The molecule has 1 fully saturated rings. The number of nitrogens with zero attached hydrogens (tertiary/aromatic N) is 1. The van der Waals surface area contributed by atoms with Gasteiger partial charge in [-0.3, -0.25) is 4.90 Å². The van der Waals surface area contributed by atoms with Crippen LogP contribution < -0.4 is 0 Å². The summed E-state index contributed by atoms with van der Waals surface area (Å²) in [6, 6.07) is 13.4. The molecule has 1 aliphatic rings. The fraction of sp³-hybridized carbons (Fsp3) is 0.429. The number of halogens is 3. The van der Waals surface area contributed by atoms with Gasteiger partial charge in [-0.25, -0.2) is 13.2 Å². The smallest absolute Gasteiger partial charge is 0.263 e. The van der Waals surface area contributed by atoms with Crippen molar-refractivity contribution in [2.24, 2.45) is 0 Å². The number of hydrogen-bond acceptors (Lipinski definition) is 2. The third-order valence-electron chi connectivity index (χ3n) is 5.07. The van der Waals surface area contributed by atoms with E-state index in [1.54, 1.807) is 0 Å². The molecule has 1 heterocycles. The molecule has 5 heteroatoms. The third-order valence-corrected chi connectivity index (χ3v) is 5.07. The van der Waals surface area contributed by atoms with Crippen LogP contribution in [0.15, 0.2) is 48.5 Å². The van der Waals surface area contributed by atoms with Gasteiger partial charge < -0.3 is 4.74 Å². The van der Waals surface area contributed by atoms with Gasteiger partial charge in [0.2, 0.25) is 0 Å². The van der Waals surface area contributed by atoms with E-state index in [4.69, 9.17) is 4.74 Å². The first kappa shape index (κ1) is 18.9. The molecule has 0 saturated carbocycles. The van der Waals surface area contributed by atoms with Crippen LogP contribution >= 0.6 is 0 Å². The van der Waals surface area contributed by atoms with Crippen LogP contribution in [0.1, 0.15) is 48.9 Å². The molecule has 0 aliphatic carbocycles. The van der Waals surface area contributed by atoms with Crippen LogP contribution in [0.3, 0.4) is 0 Å². The summed E-state index contributed by atoms with van der Waals surface area (Å²) in [7, 11) is 0. The highest BCUT2D eigenvalue weighted by Crippen LogP contribution is 2.30. The Balaban J connectivity index is 1.55. The van der Waals surface area contributed by atoms with Gasteiger partial charge in [0.05, 0.1) is 12.7 Å². The molecule has 1 aliphatic heterocycles. The Morgan fingerprint density at radius 1 is 1.08 bits per heavy atom. The summed E-state index contributed by atoms with van der Waals surface area (Å²) in [5.41, 5.74) is 1.36. The van der Waals surface area contributed by atoms with Crippen LogP contribution in [0, 0.1) is 5.82 Å². The maximum Gasteiger partial charge on any atom is 0.263 e. The molecule has 0 N–H and O–H groups in total. The van der Waals surface area contributed by atoms with E-state index >= 15 is 0 Å². The van der Waals surface area contributed by atoms with Crippen molar-refractivity contribution in [3.05, 3.63) is 71.0 Å². The van der Waals surface area contributed by atoms with Gasteiger partial charge in [0.1, 0.15) is 5.82 Å². The average molecular weight is 363 g/mol. The van der Waals surface area contributed by atoms with E-state index in [9.17, 15) is 13.2 Å². The second-order valence-electron chi connectivity index (χ2n) is 6.79. The number of piperidine rings is 1. The van der Waals surface area contributed by atoms with Crippen molar-refractivity contribution in [3.63, 3.8) is 0 Å². The minimum atomic E-state index is -2.58. The van der Waals surface area contributed by atoms with E-state index in [1.807, 2.05) is 37.3 Å². The van der Waals surface area contributed by atoms with Crippen LogP contribution in [0.25, 0.3) is 0 Å². The van der Waals surface area contributed by atoms with Crippen molar-refractivity contribution in [1.82, 2.24) is 4.90 Å². The Kier molecular flexibility index (Phi) is 6.33. The van der Waals surface area contributed by atoms with Gasteiger partial charge in [0.15, 0.2) is 0 Å². The van der Waals surface area contributed by atoms with Gasteiger partial charge in [-0.1, -0.05) is 36.4 Å². The Bertz CT molecular complexity index is 700. The van der Waals surface area contributed by atoms with Gasteiger partial charge in [0.25, 0.3) is 6.43 Å². The molecule has 1 saturated heterocycles. The van der Waals surface area contributed by atoms with Crippen molar-refractivity contribution in [1.29, 1.82) is 0 Å². The van der Waals surface area contributed by atoms with Gasteiger partial charge in [0, 0.05) is 30.3 Å². The van der Waals surface area contributed by atoms with Crippen LogP contribution in [0.4, 0.5) is 13.2 Å². The molecule has 0 amide bonds. The largest absolute Gasteiger partial charge is 0.373 e. The fourth-order valence-corrected chi connectivity index (χ4v) is 3.43. The first-order valence-electron chi connectivity index (χ1n) is 9.01. The molecule has 0 bridgehead atoms. The van der Waals surface area contributed by atoms with Crippen LogP contribution in [0.5, 0.6) is 0 Å². The summed E-state index contributed by atoms with van der Waals surface area (Å²) >= 11 is 0. The maximum absolute atomic E-state index is 14.1. The topological polar surface area (TPSA) is 12.5 Å². The van der Waals surface area contributed by atoms with Gasteiger partial charge in [-0.15, -0.1) is 0 Å². The summed E-state index contributed by atoms with van der Waals surface area (Å²) in [6.07, 6.45) is -0.699. The molecule has 1 atom stereocenters. The summed E-state index contributed by atoms with van der Waals surface area (Å²) < 4.78 is 45.9. The second kappa shape index (κ2) is 8.69. The van der Waals surface area contributed by atoms with E-state index < -0.39 is 12.2 Å². The van der Waals surface area contributed by atoms with E-state index in [1.165, 1.54) is 6.07 Å². The van der Waals surface area contributed by atoms with Gasteiger partial charge >= 0.3 is 0 Å². The fourth-order valence-electron chi connectivity index (χ4n) is 3.43. The highest BCUT2D eigenvalue weighted by atomic mass is 19.3. The van der Waals surface area contributed by atoms with Crippen molar-refractivity contribution in [2.75, 3.05) is 13.1 Å². The van der Waals surface area contributed by atoms with Crippen molar-refractivity contribution in [2.45, 2.75) is 44.9 Å². The summed E-state index contributed by atoms with van der Waals surface area (Å²) in [6.45, 7) is 3.99. The SMILES string of the molecule is C[C@H](c1cc(C(F)F)ccc1F)N1CCC(OCc2ccccc2)CC1. The molecule has 0 radical (unpaired) electrons. The minimum absolute atomic E-state index is 0.130. The van der Waals surface area contributed by atoms with E-state index in [0.717, 1.165) is 43.6 Å². The van der Waals surface area contributed by atoms with Crippen molar-refractivity contribution >= 4 is 0 Å². The number of alkyl halides is 2. The third kappa shape index (κ3) is 4.65. The first-order valence-corrected chi connectivity index (χ1v) is 9.01. The molecule has 2 nitrogen and oxygen atoms in total. The zero-order valence-electron chi connectivity index (χ0n) is 14.9. The molecular formula is C21H24F3NO. The lowest BCUT2D eigenvalue weighted by Gasteiger charge is -2.36. The van der Waals surface area contributed by atoms with Crippen LogP contribution in [-0.2, 0) is 11.3 Å². The predicted octanol–water partition coefficient (Wildman–Crippen LogP) is 5.51. The highest BCUT2D eigenvalue weighted by molar-refractivity contribution is 5.28. The normalized spacial score (nSPS) is 17.6. The molecule has 2 aromatic rings. The Hall–Kier alpha value is -1.85. The molecule has 26 heavy (non-hydrogen) atoms. The Morgan fingerprint density at radius 2 is 1.77 bits per heavy atom. The molecule has 140 valence electrons. The van der Waals surface area contributed by atoms with Crippen LogP contribution in [0.2, 0.25) is 0 Å². The first-order chi connectivity index (χ1) is 12.5. The Labute approximate surface area is 152 Å². The molecular weight excluding hydrogens is 339 g/mol. The monoisotopic (exact) mass is 363 g/mol.